The number of hydrogen-bond donors (Lipinski definition) is 1. The molecule has 140 valence electrons. The zero-order valence-electron chi connectivity index (χ0n) is 15.0. The van der Waals surface area contributed by atoms with Gasteiger partial charge in [0.25, 0.3) is 0 Å². The quantitative estimate of drug-likeness (QED) is 0.654. The SMILES string of the molecule is Cn1cnnc1SCC(=O)N[C@@H]1COC[C@H]1Cc1ccnc2ccccc12. The summed E-state index contributed by atoms with van der Waals surface area (Å²) in [7, 11) is 1.86. The Labute approximate surface area is 161 Å². The lowest BCUT2D eigenvalue weighted by molar-refractivity contribution is -0.119. The average molecular weight is 383 g/mol. The first-order valence-electron chi connectivity index (χ1n) is 8.87. The first-order chi connectivity index (χ1) is 13.2. The van der Waals surface area contributed by atoms with Crippen LogP contribution in [0.25, 0.3) is 10.9 Å². The van der Waals surface area contributed by atoms with Gasteiger partial charge in [-0.1, -0.05) is 30.0 Å². The Hall–Kier alpha value is -2.45. The molecule has 0 spiro atoms. The molecule has 1 amide bonds. The van der Waals surface area contributed by atoms with Crippen LogP contribution in [0.5, 0.6) is 0 Å². The minimum absolute atomic E-state index is 0.0110. The topological polar surface area (TPSA) is 81.9 Å². The van der Waals surface area contributed by atoms with E-state index in [9.17, 15) is 4.79 Å². The molecule has 2 aromatic heterocycles. The normalized spacial score (nSPS) is 19.4. The van der Waals surface area contributed by atoms with E-state index in [2.05, 4.69) is 32.6 Å². The second kappa shape index (κ2) is 8.06. The van der Waals surface area contributed by atoms with Crippen LogP contribution in [0.2, 0.25) is 0 Å². The molecule has 3 heterocycles. The number of hydrogen-bond acceptors (Lipinski definition) is 6. The highest BCUT2D eigenvalue weighted by Crippen LogP contribution is 2.24. The molecule has 2 atom stereocenters. The van der Waals surface area contributed by atoms with Gasteiger partial charge in [-0.3, -0.25) is 9.78 Å². The first-order valence-corrected chi connectivity index (χ1v) is 9.86. The molecular weight excluding hydrogens is 362 g/mol. The van der Waals surface area contributed by atoms with Gasteiger partial charge in [-0.05, 0) is 24.1 Å². The number of carbonyl (C=O) groups is 1. The monoisotopic (exact) mass is 383 g/mol. The zero-order valence-corrected chi connectivity index (χ0v) is 15.9. The molecule has 0 aliphatic carbocycles. The van der Waals surface area contributed by atoms with Crippen LogP contribution in [-0.4, -0.2) is 50.7 Å². The Bertz CT molecular complexity index is 939. The van der Waals surface area contributed by atoms with Crippen molar-refractivity contribution in [1.82, 2.24) is 25.1 Å². The number of carbonyl (C=O) groups excluding carboxylic acids is 1. The molecule has 1 N–H and O–H groups in total. The third-order valence-electron chi connectivity index (χ3n) is 4.77. The van der Waals surface area contributed by atoms with Crippen LogP contribution in [0.4, 0.5) is 0 Å². The number of ether oxygens (including phenoxy) is 1. The molecule has 1 aliphatic rings. The summed E-state index contributed by atoms with van der Waals surface area (Å²) in [4.78, 5) is 16.8. The number of aromatic nitrogens is 4. The van der Waals surface area contributed by atoms with E-state index in [0.29, 0.717) is 19.0 Å². The fourth-order valence-corrected chi connectivity index (χ4v) is 4.06. The van der Waals surface area contributed by atoms with Crippen LogP contribution in [0.15, 0.2) is 48.0 Å². The molecule has 1 fully saturated rings. The Morgan fingerprint density at radius 2 is 2.22 bits per heavy atom. The maximum atomic E-state index is 12.4. The van der Waals surface area contributed by atoms with Gasteiger partial charge in [-0.25, -0.2) is 0 Å². The maximum absolute atomic E-state index is 12.4. The van der Waals surface area contributed by atoms with Gasteiger partial charge in [0, 0.05) is 24.5 Å². The smallest absolute Gasteiger partial charge is 0.230 e. The van der Waals surface area contributed by atoms with E-state index in [0.717, 1.165) is 22.5 Å². The van der Waals surface area contributed by atoms with Gasteiger partial charge in [0.15, 0.2) is 5.16 Å². The van der Waals surface area contributed by atoms with Crippen LogP contribution in [0, 0.1) is 5.92 Å². The van der Waals surface area contributed by atoms with E-state index < -0.39 is 0 Å². The number of thioether (sulfide) groups is 1. The highest BCUT2D eigenvalue weighted by Gasteiger charge is 2.30. The minimum Gasteiger partial charge on any atom is -0.379 e. The third-order valence-corrected chi connectivity index (χ3v) is 5.80. The molecule has 1 aromatic carbocycles. The van der Waals surface area contributed by atoms with Gasteiger partial charge >= 0.3 is 0 Å². The second-order valence-corrected chi connectivity index (χ2v) is 7.62. The lowest BCUT2D eigenvalue weighted by Gasteiger charge is -2.19. The summed E-state index contributed by atoms with van der Waals surface area (Å²) < 4.78 is 7.46. The lowest BCUT2D eigenvalue weighted by atomic mass is 9.93. The molecule has 27 heavy (non-hydrogen) atoms. The van der Waals surface area contributed by atoms with Gasteiger partial charge in [0.05, 0.1) is 30.5 Å². The summed E-state index contributed by atoms with van der Waals surface area (Å²) in [6.45, 7) is 1.20. The van der Waals surface area contributed by atoms with Crippen molar-refractivity contribution in [2.45, 2.75) is 17.6 Å². The number of fused-ring (bicyclic) bond motifs is 1. The highest BCUT2D eigenvalue weighted by molar-refractivity contribution is 7.99. The second-order valence-electron chi connectivity index (χ2n) is 6.68. The standard InChI is InChI=1S/C19H21N5O2S/c1-24-12-21-23-19(24)27-11-18(25)22-17-10-26-9-14(17)8-13-6-7-20-16-5-3-2-4-15(13)16/h2-7,12,14,17H,8-11H2,1H3,(H,22,25)/t14-,17-/m1/s1. The van der Waals surface area contributed by atoms with Crippen molar-refractivity contribution in [2.24, 2.45) is 13.0 Å². The van der Waals surface area contributed by atoms with E-state index >= 15 is 0 Å². The lowest BCUT2D eigenvalue weighted by Crippen LogP contribution is -2.41. The van der Waals surface area contributed by atoms with E-state index in [1.165, 1.54) is 17.3 Å². The number of amides is 1. The van der Waals surface area contributed by atoms with Crippen molar-refractivity contribution in [2.75, 3.05) is 19.0 Å². The van der Waals surface area contributed by atoms with E-state index in [1.54, 1.807) is 10.9 Å². The molecule has 7 nitrogen and oxygen atoms in total. The largest absolute Gasteiger partial charge is 0.379 e. The van der Waals surface area contributed by atoms with Gasteiger partial charge in [-0.2, -0.15) is 0 Å². The third kappa shape index (κ3) is 4.12. The minimum atomic E-state index is -0.0110. The fraction of sp³-hybridized carbons (Fsp3) is 0.368. The van der Waals surface area contributed by atoms with Crippen molar-refractivity contribution in [3.8, 4) is 0 Å². The fourth-order valence-electron chi connectivity index (χ4n) is 3.36. The van der Waals surface area contributed by atoms with Crippen molar-refractivity contribution in [3.05, 3.63) is 48.4 Å². The van der Waals surface area contributed by atoms with E-state index in [4.69, 9.17) is 4.74 Å². The average Bonchev–Trinajstić information content (AvgIpc) is 3.29. The predicted octanol–water partition coefficient (Wildman–Crippen LogP) is 1.83. The summed E-state index contributed by atoms with van der Waals surface area (Å²) in [6.07, 6.45) is 4.32. The summed E-state index contributed by atoms with van der Waals surface area (Å²) in [5.74, 6) is 0.552. The van der Waals surface area contributed by atoms with Gasteiger partial charge in [0.1, 0.15) is 6.33 Å². The molecule has 1 aliphatic heterocycles. The molecule has 4 rings (SSSR count). The molecule has 0 radical (unpaired) electrons. The number of nitrogens with one attached hydrogen (secondary N) is 1. The Morgan fingerprint density at radius 1 is 1.33 bits per heavy atom. The van der Waals surface area contributed by atoms with Crippen molar-refractivity contribution >= 4 is 28.6 Å². The number of aryl methyl sites for hydroxylation is 1. The van der Waals surface area contributed by atoms with Crippen LogP contribution >= 0.6 is 11.8 Å². The van der Waals surface area contributed by atoms with E-state index in [1.807, 2.05) is 31.4 Å². The van der Waals surface area contributed by atoms with Crippen molar-refractivity contribution < 1.29 is 9.53 Å². The maximum Gasteiger partial charge on any atom is 0.230 e. The number of para-hydroxylation sites is 1. The number of pyridine rings is 1. The number of benzene rings is 1. The van der Waals surface area contributed by atoms with Crippen molar-refractivity contribution in [1.29, 1.82) is 0 Å². The van der Waals surface area contributed by atoms with Crippen LogP contribution in [0.1, 0.15) is 5.56 Å². The van der Waals surface area contributed by atoms with Crippen LogP contribution in [0.3, 0.4) is 0 Å². The van der Waals surface area contributed by atoms with Gasteiger partial charge < -0.3 is 14.6 Å². The zero-order chi connectivity index (χ0) is 18.6. The molecule has 3 aromatic rings. The Balaban J connectivity index is 1.38. The Morgan fingerprint density at radius 3 is 3.07 bits per heavy atom. The number of rotatable bonds is 6. The summed E-state index contributed by atoms with van der Waals surface area (Å²) in [5, 5.41) is 12.8. The summed E-state index contributed by atoms with van der Waals surface area (Å²) in [5.41, 5.74) is 2.23. The highest BCUT2D eigenvalue weighted by atomic mass is 32.2. The first kappa shape index (κ1) is 17.9. The van der Waals surface area contributed by atoms with Crippen LogP contribution in [-0.2, 0) is 23.0 Å². The molecule has 8 heteroatoms. The molecule has 0 saturated carbocycles. The molecule has 1 saturated heterocycles. The Kier molecular flexibility index (Phi) is 5.35. The summed E-state index contributed by atoms with van der Waals surface area (Å²) >= 11 is 1.38. The molecule has 0 bridgehead atoms. The summed E-state index contributed by atoms with van der Waals surface area (Å²) in [6, 6.07) is 10.2. The van der Waals surface area contributed by atoms with Gasteiger partial charge in [-0.15, -0.1) is 10.2 Å². The predicted molar refractivity (Wildman–Crippen MR) is 103 cm³/mol. The molecule has 0 unspecified atom stereocenters. The molecular formula is C19H21N5O2S. The number of nitrogens with zero attached hydrogens (tertiary/aromatic N) is 4. The van der Waals surface area contributed by atoms with Gasteiger partial charge in [0.2, 0.25) is 5.91 Å². The van der Waals surface area contributed by atoms with Crippen LogP contribution < -0.4 is 5.32 Å². The van der Waals surface area contributed by atoms with Crippen molar-refractivity contribution in [3.63, 3.8) is 0 Å². The van der Waals surface area contributed by atoms with E-state index in [-0.39, 0.29) is 17.9 Å².